The van der Waals surface area contributed by atoms with Gasteiger partial charge in [-0.25, -0.2) is 12.8 Å². The van der Waals surface area contributed by atoms with Crippen molar-refractivity contribution in [1.29, 1.82) is 0 Å². The third kappa shape index (κ3) is 4.19. The van der Waals surface area contributed by atoms with Gasteiger partial charge in [-0.05, 0) is 75.4 Å². The molecule has 0 radical (unpaired) electrons. The van der Waals surface area contributed by atoms with Crippen LogP contribution in [0.15, 0.2) is 36.4 Å². The average molecular weight is 486 g/mol. The van der Waals surface area contributed by atoms with Gasteiger partial charge in [0.1, 0.15) is 5.82 Å². The maximum Gasteiger partial charge on any atom is 0.251 e. The Labute approximate surface area is 200 Å². The highest BCUT2D eigenvalue weighted by Crippen LogP contribution is 2.42. The fraction of sp³-hybridized carbons (Fsp3) is 0.423. The summed E-state index contributed by atoms with van der Waals surface area (Å²) >= 11 is 0. The predicted octanol–water partition coefficient (Wildman–Crippen LogP) is 5.76. The molecule has 3 aromatic rings. The average Bonchev–Trinajstić information content (AvgIpc) is 3.38. The van der Waals surface area contributed by atoms with Crippen molar-refractivity contribution in [1.82, 2.24) is 4.57 Å². The summed E-state index contributed by atoms with van der Waals surface area (Å²) in [7, 11) is -3.58. The van der Waals surface area contributed by atoms with E-state index in [1.165, 1.54) is 6.07 Å². The largest absolute Gasteiger partial charge is 0.366 e. The molecule has 1 saturated carbocycles. The van der Waals surface area contributed by atoms with Crippen molar-refractivity contribution >= 4 is 32.5 Å². The lowest BCUT2D eigenvalue weighted by Crippen LogP contribution is -2.33. The molecule has 182 valence electrons. The zero-order chi connectivity index (χ0) is 24.8. The van der Waals surface area contributed by atoms with Crippen LogP contribution in [0.2, 0.25) is 0 Å². The number of nitrogens with one attached hydrogen (secondary N) is 1. The molecule has 1 fully saturated rings. The van der Waals surface area contributed by atoms with Crippen molar-refractivity contribution in [2.75, 3.05) is 4.72 Å². The van der Waals surface area contributed by atoms with Gasteiger partial charge in [0.25, 0.3) is 5.91 Å². The van der Waals surface area contributed by atoms with Crippen molar-refractivity contribution in [3.8, 4) is 11.3 Å². The third-order valence-electron chi connectivity index (χ3n) is 6.71. The van der Waals surface area contributed by atoms with E-state index in [1.807, 2.05) is 13.0 Å². The highest BCUT2D eigenvalue weighted by Gasteiger charge is 2.30. The number of nitrogens with zero attached hydrogens (tertiary/aromatic N) is 1. The van der Waals surface area contributed by atoms with Crippen LogP contribution in [0.5, 0.6) is 0 Å². The van der Waals surface area contributed by atoms with Crippen molar-refractivity contribution < 1.29 is 17.6 Å². The number of hydrogen-bond acceptors (Lipinski definition) is 3. The van der Waals surface area contributed by atoms with Gasteiger partial charge in [0.05, 0.1) is 21.5 Å². The number of fused-ring (bicyclic) bond motifs is 1. The lowest BCUT2D eigenvalue weighted by atomic mass is 10.0. The molecule has 6 nitrogen and oxygen atoms in total. The van der Waals surface area contributed by atoms with Crippen molar-refractivity contribution in [3.05, 3.63) is 53.3 Å². The molecule has 0 saturated heterocycles. The second kappa shape index (κ2) is 8.73. The number of carbonyl (C=O) groups excluding carboxylic acids is 1. The molecule has 1 amide bonds. The number of aryl methyl sites for hydroxylation is 1. The molecule has 1 aromatic heterocycles. The van der Waals surface area contributed by atoms with E-state index in [0.717, 1.165) is 36.8 Å². The second-order valence-electron chi connectivity index (χ2n) is 10.0. The van der Waals surface area contributed by atoms with Crippen LogP contribution in [0.4, 0.5) is 10.1 Å². The summed E-state index contributed by atoms with van der Waals surface area (Å²) in [6, 6.07) is 10.4. The zero-order valence-corrected chi connectivity index (χ0v) is 20.9. The fourth-order valence-corrected chi connectivity index (χ4v) is 5.48. The Bertz CT molecular complexity index is 1350. The standard InChI is InChI=1S/C26H32FN3O3S/c1-5-16-14-22-20(15-21(16)27)23(25(28)31)24(30(22)19-8-6-7-9-19)17-10-12-18(13-11-17)29-34(32,33)26(2,3)4/h10-15,19,29H,5-9H2,1-4H3,(H2,28,31). The first kappa shape index (κ1) is 24.3. The van der Waals surface area contributed by atoms with Crippen molar-refractivity contribution in [2.45, 2.75) is 70.6 Å². The number of nitrogens with two attached hydrogens (primary N) is 1. The Kier molecular flexibility index (Phi) is 6.23. The lowest BCUT2D eigenvalue weighted by molar-refractivity contribution is 0.100. The van der Waals surface area contributed by atoms with E-state index in [9.17, 15) is 17.6 Å². The minimum absolute atomic E-state index is 0.180. The van der Waals surface area contributed by atoms with Crippen LogP contribution < -0.4 is 10.5 Å². The highest BCUT2D eigenvalue weighted by molar-refractivity contribution is 7.94. The van der Waals surface area contributed by atoms with E-state index >= 15 is 0 Å². The first-order valence-corrected chi connectivity index (χ1v) is 13.2. The number of benzene rings is 2. The normalized spacial score (nSPS) is 15.2. The van der Waals surface area contributed by atoms with Gasteiger partial charge in [0.2, 0.25) is 10.0 Å². The van der Waals surface area contributed by atoms with Crippen LogP contribution in [-0.2, 0) is 16.4 Å². The van der Waals surface area contributed by atoms with Gasteiger partial charge in [-0.2, -0.15) is 0 Å². The minimum atomic E-state index is -3.58. The Hall–Kier alpha value is -2.87. The third-order valence-corrected chi connectivity index (χ3v) is 8.82. The summed E-state index contributed by atoms with van der Waals surface area (Å²) in [6.45, 7) is 6.80. The highest BCUT2D eigenvalue weighted by atomic mass is 32.2. The Morgan fingerprint density at radius 2 is 1.76 bits per heavy atom. The van der Waals surface area contributed by atoms with Gasteiger partial charge in [-0.15, -0.1) is 0 Å². The van der Waals surface area contributed by atoms with Crippen LogP contribution in [-0.4, -0.2) is 23.6 Å². The maximum absolute atomic E-state index is 14.8. The summed E-state index contributed by atoms with van der Waals surface area (Å²) in [5.74, 6) is -0.961. The number of sulfonamides is 1. The minimum Gasteiger partial charge on any atom is -0.366 e. The number of anilines is 1. The molecule has 0 spiro atoms. The molecule has 0 bridgehead atoms. The molecule has 1 heterocycles. The molecular weight excluding hydrogens is 453 g/mol. The lowest BCUT2D eigenvalue weighted by Gasteiger charge is -2.21. The topological polar surface area (TPSA) is 94.2 Å². The SMILES string of the molecule is CCc1cc2c(cc1F)c(C(N)=O)c(-c1ccc(NS(=O)(=O)C(C)(C)C)cc1)n2C1CCCC1. The molecule has 0 unspecified atom stereocenters. The summed E-state index contributed by atoms with van der Waals surface area (Å²) < 4.78 is 43.7. The van der Waals surface area contributed by atoms with Crippen LogP contribution >= 0.6 is 0 Å². The number of hydrogen-bond donors (Lipinski definition) is 2. The zero-order valence-electron chi connectivity index (χ0n) is 20.1. The van der Waals surface area contributed by atoms with E-state index in [0.29, 0.717) is 34.3 Å². The van der Waals surface area contributed by atoms with Gasteiger partial charge in [0, 0.05) is 17.1 Å². The Balaban J connectivity index is 1.92. The Morgan fingerprint density at radius 1 is 1.15 bits per heavy atom. The van der Waals surface area contributed by atoms with Gasteiger partial charge in [-0.1, -0.05) is 31.9 Å². The second-order valence-corrected chi connectivity index (χ2v) is 12.4. The molecule has 0 atom stereocenters. The van der Waals surface area contributed by atoms with Crippen molar-refractivity contribution in [2.24, 2.45) is 5.73 Å². The van der Waals surface area contributed by atoms with Crippen LogP contribution in [0, 0.1) is 5.82 Å². The molecule has 1 aliphatic carbocycles. The number of amides is 1. The van der Waals surface area contributed by atoms with Crippen LogP contribution in [0.25, 0.3) is 22.2 Å². The molecule has 8 heteroatoms. The summed E-state index contributed by atoms with van der Waals surface area (Å²) in [5.41, 5.74) is 9.37. The molecule has 3 N–H and O–H groups in total. The van der Waals surface area contributed by atoms with Crippen molar-refractivity contribution in [3.63, 3.8) is 0 Å². The summed E-state index contributed by atoms with van der Waals surface area (Å²) in [6.07, 6.45) is 4.66. The summed E-state index contributed by atoms with van der Waals surface area (Å²) in [5, 5.41) is 0.515. The van der Waals surface area contributed by atoms with Crippen LogP contribution in [0.1, 0.15) is 75.3 Å². The van der Waals surface area contributed by atoms with Gasteiger partial charge < -0.3 is 10.3 Å². The monoisotopic (exact) mass is 485 g/mol. The van der Waals surface area contributed by atoms with Gasteiger partial charge in [0.15, 0.2) is 0 Å². The molecule has 1 aliphatic rings. The van der Waals surface area contributed by atoms with E-state index in [4.69, 9.17) is 5.73 Å². The molecule has 4 rings (SSSR count). The number of halogens is 1. The van der Waals surface area contributed by atoms with E-state index in [2.05, 4.69) is 9.29 Å². The number of aromatic nitrogens is 1. The Morgan fingerprint density at radius 3 is 2.29 bits per heavy atom. The van der Waals surface area contributed by atoms with E-state index in [1.54, 1.807) is 45.0 Å². The fourth-order valence-electron chi connectivity index (χ4n) is 4.72. The first-order chi connectivity index (χ1) is 15.9. The quantitative estimate of drug-likeness (QED) is 0.464. The summed E-state index contributed by atoms with van der Waals surface area (Å²) in [4.78, 5) is 12.7. The maximum atomic E-state index is 14.8. The van der Waals surface area contributed by atoms with Gasteiger partial charge >= 0.3 is 0 Å². The van der Waals surface area contributed by atoms with E-state index < -0.39 is 20.7 Å². The molecule has 34 heavy (non-hydrogen) atoms. The number of primary amides is 1. The smallest absolute Gasteiger partial charge is 0.251 e. The number of carbonyl (C=O) groups is 1. The molecule has 0 aliphatic heterocycles. The molecular formula is C26H32FN3O3S. The first-order valence-electron chi connectivity index (χ1n) is 11.7. The molecule has 2 aromatic carbocycles. The number of rotatable bonds is 6. The van der Waals surface area contributed by atoms with E-state index in [-0.39, 0.29) is 11.9 Å². The van der Waals surface area contributed by atoms with Gasteiger partial charge in [-0.3, -0.25) is 9.52 Å². The van der Waals surface area contributed by atoms with Crippen LogP contribution in [0.3, 0.4) is 0 Å². The predicted molar refractivity (Wildman–Crippen MR) is 135 cm³/mol.